The van der Waals surface area contributed by atoms with E-state index in [0.717, 1.165) is 22.2 Å². The summed E-state index contributed by atoms with van der Waals surface area (Å²) in [7, 11) is -2.92. The molecule has 11 heteroatoms. The van der Waals surface area contributed by atoms with Crippen molar-refractivity contribution in [1.82, 2.24) is 25.0 Å². The van der Waals surface area contributed by atoms with E-state index in [1.165, 1.54) is 0 Å². The lowest BCUT2D eigenvalue weighted by atomic mass is 10.1. The predicted molar refractivity (Wildman–Crippen MR) is 132 cm³/mol. The zero-order valence-corrected chi connectivity index (χ0v) is 21.0. The molecule has 0 amide bonds. The first-order valence-electron chi connectivity index (χ1n) is 10.9. The lowest BCUT2D eigenvalue weighted by Crippen LogP contribution is -2.25. The number of aromatic nitrogens is 5. The van der Waals surface area contributed by atoms with Crippen LogP contribution in [0.5, 0.6) is 5.75 Å². The summed E-state index contributed by atoms with van der Waals surface area (Å²) >= 11 is 12.8. The standard InChI is InChI=1S/C23H23Cl2N5O3S/c1-13-22(25)21(19(24)11-26-13)14(2)33-17-3-4-20-18(9-17)23(29-28-20)15-10-27-30(12-15)16-5-7-34(31,32)8-6-16/h3-4,9-12,14,16H,5-8H2,1-2H3,(H,28,29). The van der Waals surface area contributed by atoms with Crippen LogP contribution in [-0.4, -0.2) is 44.9 Å². The van der Waals surface area contributed by atoms with Crippen LogP contribution in [-0.2, 0) is 9.84 Å². The second-order valence-corrected chi connectivity index (χ2v) is 11.6. The van der Waals surface area contributed by atoms with Crippen molar-refractivity contribution in [3.63, 3.8) is 0 Å². The van der Waals surface area contributed by atoms with Gasteiger partial charge in [0.05, 0.1) is 45.0 Å². The highest BCUT2D eigenvalue weighted by atomic mass is 35.5. The predicted octanol–water partition coefficient (Wildman–Crippen LogP) is 5.33. The summed E-state index contributed by atoms with van der Waals surface area (Å²) in [4.78, 5) is 4.18. The molecule has 0 saturated carbocycles. The van der Waals surface area contributed by atoms with Crippen LogP contribution in [0.1, 0.15) is 43.2 Å². The van der Waals surface area contributed by atoms with Crippen molar-refractivity contribution in [2.75, 3.05) is 11.5 Å². The molecule has 1 N–H and O–H groups in total. The van der Waals surface area contributed by atoms with Crippen LogP contribution in [0.3, 0.4) is 0 Å². The number of pyridine rings is 1. The van der Waals surface area contributed by atoms with Crippen LogP contribution < -0.4 is 4.74 Å². The van der Waals surface area contributed by atoms with E-state index in [2.05, 4.69) is 20.3 Å². The fourth-order valence-electron chi connectivity index (χ4n) is 4.30. The van der Waals surface area contributed by atoms with Gasteiger partial charge in [-0.25, -0.2) is 8.42 Å². The second-order valence-electron chi connectivity index (χ2n) is 8.55. The van der Waals surface area contributed by atoms with Crippen molar-refractivity contribution in [2.45, 2.75) is 38.8 Å². The number of H-pyrrole nitrogens is 1. The average molecular weight is 520 g/mol. The molecule has 0 radical (unpaired) electrons. The SMILES string of the molecule is Cc1ncc(Cl)c(C(C)Oc2ccc3[nH]nc(-c4cnn(C5CCS(=O)(=O)CC5)c4)c3c2)c1Cl. The Morgan fingerprint density at radius 2 is 1.97 bits per heavy atom. The number of benzene rings is 1. The normalized spacial score (nSPS) is 17.2. The van der Waals surface area contributed by atoms with Crippen LogP contribution in [0.15, 0.2) is 36.8 Å². The Morgan fingerprint density at radius 1 is 1.21 bits per heavy atom. The third kappa shape index (κ3) is 4.39. The summed E-state index contributed by atoms with van der Waals surface area (Å²) in [6, 6.07) is 5.76. The number of nitrogens with zero attached hydrogens (tertiary/aromatic N) is 4. The lowest BCUT2D eigenvalue weighted by molar-refractivity contribution is 0.227. The smallest absolute Gasteiger partial charge is 0.150 e. The number of sulfone groups is 1. The third-order valence-electron chi connectivity index (χ3n) is 6.21. The van der Waals surface area contributed by atoms with Crippen molar-refractivity contribution >= 4 is 43.9 Å². The Labute approximate surface area is 207 Å². The number of ether oxygens (including phenoxy) is 1. The summed E-state index contributed by atoms with van der Waals surface area (Å²) < 4.78 is 31.5. The van der Waals surface area contributed by atoms with E-state index in [4.69, 9.17) is 27.9 Å². The minimum atomic E-state index is -2.92. The molecule has 0 bridgehead atoms. The van der Waals surface area contributed by atoms with E-state index in [1.807, 2.05) is 42.9 Å². The number of aryl methyl sites for hydroxylation is 1. The van der Waals surface area contributed by atoms with E-state index in [0.29, 0.717) is 39.9 Å². The number of hydrogen-bond donors (Lipinski definition) is 1. The number of halogens is 2. The second kappa shape index (κ2) is 8.87. The van der Waals surface area contributed by atoms with Crippen LogP contribution >= 0.6 is 23.2 Å². The molecule has 178 valence electrons. The van der Waals surface area contributed by atoms with Gasteiger partial charge in [-0.05, 0) is 44.9 Å². The maximum Gasteiger partial charge on any atom is 0.150 e. The van der Waals surface area contributed by atoms with Crippen LogP contribution in [0.25, 0.3) is 22.2 Å². The van der Waals surface area contributed by atoms with Crippen molar-refractivity contribution < 1.29 is 13.2 Å². The highest BCUT2D eigenvalue weighted by Crippen LogP contribution is 2.36. The number of nitrogens with one attached hydrogen (secondary N) is 1. The molecular formula is C23H23Cl2N5O3S. The van der Waals surface area contributed by atoms with Gasteiger partial charge in [-0.1, -0.05) is 23.2 Å². The number of aromatic amines is 1. The maximum atomic E-state index is 11.7. The van der Waals surface area contributed by atoms with Crippen molar-refractivity contribution in [1.29, 1.82) is 0 Å². The number of hydrogen-bond acceptors (Lipinski definition) is 6. The van der Waals surface area contributed by atoms with E-state index in [1.54, 1.807) is 12.4 Å². The molecule has 1 aliphatic heterocycles. The Hall–Kier alpha value is -2.62. The van der Waals surface area contributed by atoms with E-state index in [9.17, 15) is 8.42 Å². The lowest BCUT2D eigenvalue weighted by Gasteiger charge is -2.22. The average Bonchev–Trinajstić information content (AvgIpc) is 3.43. The van der Waals surface area contributed by atoms with Crippen LogP contribution in [0.4, 0.5) is 0 Å². The van der Waals surface area contributed by atoms with Gasteiger partial charge in [-0.15, -0.1) is 0 Å². The molecule has 1 aliphatic rings. The fraction of sp³-hybridized carbons (Fsp3) is 0.348. The molecule has 4 aromatic rings. The molecule has 0 spiro atoms. The summed E-state index contributed by atoms with van der Waals surface area (Å²) in [5, 5.41) is 13.9. The summed E-state index contributed by atoms with van der Waals surface area (Å²) in [6.45, 7) is 3.71. The number of rotatable bonds is 5. The van der Waals surface area contributed by atoms with Gasteiger partial charge in [0.25, 0.3) is 0 Å². The highest BCUT2D eigenvalue weighted by Gasteiger charge is 2.26. The van der Waals surface area contributed by atoms with Crippen LogP contribution in [0, 0.1) is 6.92 Å². The van der Waals surface area contributed by atoms with Gasteiger partial charge in [0.1, 0.15) is 27.4 Å². The first-order valence-corrected chi connectivity index (χ1v) is 13.5. The quantitative estimate of drug-likeness (QED) is 0.382. The van der Waals surface area contributed by atoms with Gasteiger partial charge in [0.15, 0.2) is 0 Å². The fourth-order valence-corrected chi connectivity index (χ4v) is 6.42. The zero-order valence-electron chi connectivity index (χ0n) is 18.6. The molecule has 3 aromatic heterocycles. The molecule has 0 aliphatic carbocycles. The van der Waals surface area contributed by atoms with Crippen LogP contribution in [0.2, 0.25) is 10.0 Å². The van der Waals surface area contributed by atoms with Gasteiger partial charge in [0.2, 0.25) is 0 Å². The Balaban J connectivity index is 1.41. The highest BCUT2D eigenvalue weighted by molar-refractivity contribution is 7.91. The maximum absolute atomic E-state index is 11.7. The van der Waals surface area contributed by atoms with E-state index in [-0.39, 0.29) is 23.7 Å². The van der Waals surface area contributed by atoms with Crippen molar-refractivity contribution in [3.8, 4) is 17.0 Å². The monoisotopic (exact) mass is 519 g/mol. The minimum absolute atomic E-state index is 0.0699. The molecule has 1 aromatic carbocycles. The summed E-state index contributed by atoms with van der Waals surface area (Å²) in [6.07, 6.45) is 6.01. The topological polar surface area (TPSA) is 103 Å². The molecule has 1 unspecified atom stereocenters. The minimum Gasteiger partial charge on any atom is -0.486 e. The molecule has 1 fully saturated rings. The molecule has 1 atom stereocenters. The molecule has 4 heterocycles. The molecule has 1 saturated heterocycles. The van der Waals surface area contributed by atoms with E-state index < -0.39 is 9.84 Å². The Morgan fingerprint density at radius 3 is 2.74 bits per heavy atom. The van der Waals surface area contributed by atoms with Gasteiger partial charge in [0, 0.05) is 28.9 Å². The van der Waals surface area contributed by atoms with Gasteiger partial charge < -0.3 is 4.74 Å². The van der Waals surface area contributed by atoms with Crippen molar-refractivity contribution in [2.24, 2.45) is 0 Å². The van der Waals surface area contributed by atoms with Gasteiger partial charge in [-0.2, -0.15) is 10.2 Å². The third-order valence-corrected chi connectivity index (χ3v) is 8.70. The first-order chi connectivity index (χ1) is 16.2. The largest absolute Gasteiger partial charge is 0.486 e. The molecule has 8 nitrogen and oxygen atoms in total. The van der Waals surface area contributed by atoms with Gasteiger partial charge >= 0.3 is 0 Å². The first kappa shape index (κ1) is 23.1. The number of fused-ring (bicyclic) bond motifs is 1. The summed E-state index contributed by atoms with van der Waals surface area (Å²) in [5.74, 6) is 1.04. The molecule has 34 heavy (non-hydrogen) atoms. The Bertz CT molecular complexity index is 1470. The van der Waals surface area contributed by atoms with Crippen molar-refractivity contribution in [3.05, 3.63) is 58.1 Å². The molecule has 5 rings (SSSR count). The van der Waals surface area contributed by atoms with Gasteiger partial charge in [-0.3, -0.25) is 14.8 Å². The summed E-state index contributed by atoms with van der Waals surface area (Å²) in [5.41, 5.74) is 3.84. The Kier molecular flexibility index (Phi) is 6.03. The zero-order chi connectivity index (χ0) is 24.0. The van der Waals surface area contributed by atoms with E-state index >= 15 is 0 Å². The molecular weight excluding hydrogens is 497 g/mol.